The van der Waals surface area contributed by atoms with Crippen LogP contribution in [0.2, 0.25) is 0 Å². The molecule has 0 saturated carbocycles. The topological polar surface area (TPSA) is 134 Å². The molecule has 220 valence electrons. The van der Waals surface area contributed by atoms with E-state index in [0.717, 1.165) is 64.5 Å². The average molecular weight is 537 g/mol. The number of allylic oxidation sites excluding steroid dienone is 4. The van der Waals surface area contributed by atoms with Crippen molar-refractivity contribution in [3.63, 3.8) is 0 Å². The van der Waals surface area contributed by atoms with E-state index in [1.807, 2.05) is 17.1 Å². The lowest BCUT2D eigenvalue weighted by atomic mass is 10.2. The largest absolute Gasteiger partial charge is 0.356 e. The molecule has 0 bridgehead atoms. The number of carbonyl (C=O) groups excluding carboxylic acids is 3. The number of hydrogen-bond acceptors (Lipinski definition) is 6. The maximum atomic E-state index is 13.2. The van der Waals surface area contributed by atoms with Crippen LogP contribution < -0.4 is 22.1 Å². The maximum Gasteiger partial charge on any atom is 0.236 e. The number of hydrogen-bond donors (Lipinski definition) is 4. The van der Waals surface area contributed by atoms with Crippen LogP contribution in [0.5, 0.6) is 0 Å². The molecule has 0 aliphatic heterocycles. The fourth-order valence-electron chi connectivity index (χ4n) is 3.88. The van der Waals surface area contributed by atoms with Gasteiger partial charge in [-0.05, 0) is 84.0 Å². The van der Waals surface area contributed by atoms with E-state index in [-0.39, 0.29) is 17.7 Å². The molecular weight excluding hydrogens is 480 g/mol. The zero-order chi connectivity index (χ0) is 28.3. The van der Waals surface area contributed by atoms with E-state index in [1.165, 1.54) is 0 Å². The standard InChI is InChI=1S/C29H56N6O3/c1-3-5-7-9-16-27(36)32-20-11-12-24-35(25-15-21-33-28(37)17-10-8-6-4-2)29(38)26-34(22-13-18-30)23-14-19-31/h5-8H,3-4,9-26,30-31H2,1-2H3,(H,32,36)(H,33,37). The van der Waals surface area contributed by atoms with Crippen LogP contribution in [-0.2, 0) is 14.4 Å². The first kappa shape index (κ1) is 35.8. The van der Waals surface area contributed by atoms with E-state index in [2.05, 4.69) is 41.5 Å². The molecule has 3 amide bonds. The number of rotatable bonds is 25. The molecule has 0 heterocycles. The highest BCUT2D eigenvalue weighted by molar-refractivity contribution is 5.78. The predicted octanol–water partition coefficient (Wildman–Crippen LogP) is 2.71. The summed E-state index contributed by atoms with van der Waals surface area (Å²) in [5.41, 5.74) is 11.4. The highest BCUT2D eigenvalue weighted by Crippen LogP contribution is 2.03. The van der Waals surface area contributed by atoms with Gasteiger partial charge in [0.2, 0.25) is 17.7 Å². The molecule has 0 aromatic carbocycles. The molecule has 0 unspecified atom stereocenters. The van der Waals surface area contributed by atoms with Gasteiger partial charge in [-0.15, -0.1) is 0 Å². The Morgan fingerprint density at radius 1 is 0.658 bits per heavy atom. The second-order valence-corrected chi connectivity index (χ2v) is 9.54. The van der Waals surface area contributed by atoms with E-state index >= 15 is 0 Å². The lowest BCUT2D eigenvalue weighted by Gasteiger charge is -2.28. The van der Waals surface area contributed by atoms with E-state index in [1.54, 1.807) is 0 Å². The Hall–Kier alpha value is -2.23. The molecule has 0 aromatic rings. The lowest BCUT2D eigenvalue weighted by Crippen LogP contribution is -2.43. The van der Waals surface area contributed by atoms with Crippen LogP contribution >= 0.6 is 0 Å². The lowest BCUT2D eigenvalue weighted by molar-refractivity contribution is -0.132. The molecule has 0 atom stereocenters. The Balaban J connectivity index is 4.68. The minimum absolute atomic E-state index is 0.0410. The number of nitrogens with zero attached hydrogens (tertiary/aromatic N) is 2. The van der Waals surface area contributed by atoms with Gasteiger partial charge in [0.1, 0.15) is 0 Å². The van der Waals surface area contributed by atoms with Crippen molar-refractivity contribution in [2.24, 2.45) is 11.5 Å². The van der Waals surface area contributed by atoms with Gasteiger partial charge in [0, 0.05) is 39.0 Å². The Labute approximate surface area is 231 Å². The predicted molar refractivity (Wildman–Crippen MR) is 158 cm³/mol. The fourth-order valence-corrected chi connectivity index (χ4v) is 3.88. The molecule has 0 aromatic heterocycles. The second kappa shape index (κ2) is 26.4. The molecule has 0 aliphatic rings. The van der Waals surface area contributed by atoms with Gasteiger partial charge >= 0.3 is 0 Å². The van der Waals surface area contributed by atoms with Gasteiger partial charge in [-0.2, -0.15) is 0 Å². The van der Waals surface area contributed by atoms with Crippen molar-refractivity contribution >= 4 is 17.7 Å². The van der Waals surface area contributed by atoms with E-state index in [4.69, 9.17) is 11.5 Å². The summed E-state index contributed by atoms with van der Waals surface area (Å²) in [6.07, 6.45) is 16.7. The molecule has 0 spiro atoms. The van der Waals surface area contributed by atoms with Gasteiger partial charge in [0.15, 0.2) is 0 Å². The highest BCUT2D eigenvalue weighted by Gasteiger charge is 2.17. The highest BCUT2D eigenvalue weighted by atomic mass is 16.2. The van der Waals surface area contributed by atoms with Crippen LogP contribution in [-0.4, -0.2) is 86.4 Å². The summed E-state index contributed by atoms with van der Waals surface area (Å²) in [6, 6.07) is 0. The fraction of sp³-hybridized carbons (Fsp3) is 0.759. The smallest absolute Gasteiger partial charge is 0.236 e. The van der Waals surface area contributed by atoms with Gasteiger partial charge in [-0.1, -0.05) is 38.2 Å². The van der Waals surface area contributed by atoms with Crippen LogP contribution in [0.4, 0.5) is 0 Å². The Bertz CT molecular complexity index is 661. The molecule has 9 heteroatoms. The number of nitrogens with two attached hydrogens (primary N) is 2. The van der Waals surface area contributed by atoms with Gasteiger partial charge in [-0.25, -0.2) is 0 Å². The number of unbranched alkanes of at least 4 members (excludes halogenated alkanes) is 1. The van der Waals surface area contributed by atoms with Crippen LogP contribution in [0.15, 0.2) is 24.3 Å². The summed E-state index contributed by atoms with van der Waals surface area (Å²) < 4.78 is 0. The Morgan fingerprint density at radius 3 is 1.66 bits per heavy atom. The number of nitrogens with one attached hydrogen (secondary N) is 2. The second-order valence-electron chi connectivity index (χ2n) is 9.54. The summed E-state index contributed by atoms with van der Waals surface area (Å²) in [7, 11) is 0. The van der Waals surface area contributed by atoms with Crippen molar-refractivity contribution in [3.8, 4) is 0 Å². The molecule has 38 heavy (non-hydrogen) atoms. The van der Waals surface area contributed by atoms with Crippen molar-refractivity contribution < 1.29 is 14.4 Å². The van der Waals surface area contributed by atoms with Crippen LogP contribution in [0, 0.1) is 0 Å². The summed E-state index contributed by atoms with van der Waals surface area (Å²) in [5.74, 6) is 0.191. The summed E-state index contributed by atoms with van der Waals surface area (Å²) in [6.45, 7) is 9.60. The van der Waals surface area contributed by atoms with Crippen LogP contribution in [0.25, 0.3) is 0 Å². The quantitative estimate of drug-likeness (QED) is 0.105. The van der Waals surface area contributed by atoms with Crippen molar-refractivity contribution in [2.75, 3.05) is 58.9 Å². The Morgan fingerprint density at radius 2 is 1.16 bits per heavy atom. The van der Waals surface area contributed by atoms with E-state index < -0.39 is 0 Å². The molecule has 0 fully saturated rings. The van der Waals surface area contributed by atoms with Crippen LogP contribution in [0.1, 0.15) is 84.5 Å². The molecule has 6 N–H and O–H groups in total. The first-order chi connectivity index (χ1) is 18.5. The number of carbonyl (C=O) groups is 3. The third-order valence-corrected chi connectivity index (χ3v) is 6.05. The molecule has 0 rings (SSSR count). The molecule has 0 aliphatic carbocycles. The first-order valence-electron chi connectivity index (χ1n) is 14.7. The maximum absolute atomic E-state index is 13.2. The van der Waals surface area contributed by atoms with Crippen molar-refractivity contribution in [1.29, 1.82) is 0 Å². The third-order valence-electron chi connectivity index (χ3n) is 6.05. The zero-order valence-corrected chi connectivity index (χ0v) is 24.2. The third kappa shape index (κ3) is 21.8. The first-order valence-corrected chi connectivity index (χ1v) is 14.7. The summed E-state index contributed by atoms with van der Waals surface area (Å²) in [5, 5.41) is 5.93. The van der Waals surface area contributed by atoms with E-state index in [0.29, 0.717) is 65.1 Å². The van der Waals surface area contributed by atoms with Gasteiger partial charge < -0.3 is 27.0 Å². The van der Waals surface area contributed by atoms with Gasteiger partial charge in [0.05, 0.1) is 6.54 Å². The van der Waals surface area contributed by atoms with Gasteiger partial charge in [-0.3, -0.25) is 19.3 Å². The minimum Gasteiger partial charge on any atom is -0.356 e. The van der Waals surface area contributed by atoms with Crippen LogP contribution in [0.3, 0.4) is 0 Å². The molecule has 9 nitrogen and oxygen atoms in total. The molecule has 0 radical (unpaired) electrons. The SMILES string of the molecule is CCC=CCCC(=O)NCCCCN(CCCNC(=O)CCC=CCC)C(=O)CN(CCCN)CCCN. The van der Waals surface area contributed by atoms with Crippen molar-refractivity contribution in [2.45, 2.75) is 84.5 Å². The van der Waals surface area contributed by atoms with Crippen molar-refractivity contribution in [1.82, 2.24) is 20.4 Å². The Kier molecular flexibility index (Phi) is 24.8. The number of amides is 3. The normalized spacial score (nSPS) is 11.5. The monoisotopic (exact) mass is 536 g/mol. The average Bonchev–Trinajstić information content (AvgIpc) is 2.91. The summed E-state index contributed by atoms with van der Waals surface area (Å²) >= 11 is 0. The minimum atomic E-state index is 0.0410. The summed E-state index contributed by atoms with van der Waals surface area (Å²) in [4.78, 5) is 41.2. The van der Waals surface area contributed by atoms with Crippen molar-refractivity contribution in [3.05, 3.63) is 24.3 Å². The zero-order valence-electron chi connectivity index (χ0n) is 24.2. The van der Waals surface area contributed by atoms with E-state index in [9.17, 15) is 14.4 Å². The molecular formula is C29H56N6O3. The molecule has 0 saturated heterocycles. The van der Waals surface area contributed by atoms with Gasteiger partial charge in [0.25, 0.3) is 0 Å².